The van der Waals surface area contributed by atoms with Gasteiger partial charge in [-0.2, -0.15) is 0 Å². The number of rotatable bonds is 8. The SMILES string of the molecule is CCOCC(C)(CN)N(C)Cc1cccc(OC)c1. The Hall–Kier alpha value is -1.10. The number of nitrogens with zero attached hydrogens (tertiary/aromatic N) is 1. The van der Waals surface area contributed by atoms with E-state index in [0.717, 1.165) is 12.3 Å². The fourth-order valence-corrected chi connectivity index (χ4v) is 1.88. The van der Waals surface area contributed by atoms with Gasteiger partial charge < -0.3 is 15.2 Å². The van der Waals surface area contributed by atoms with Crippen LogP contribution in [0.3, 0.4) is 0 Å². The lowest BCUT2D eigenvalue weighted by molar-refractivity contribution is 0.0201. The van der Waals surface area contributed by atoms with Crippen LogP contribution in [0, 0.1) is 0 Å². The maximum Gasteiger partial charge on any atom is 0.119 e. The quantitative estimate of drug-likeness (QED) is 0.780. The highest BCUT2D eigenvalue weighted by molar-refractivity contribution is 5.28. The van der Waals surface area contributed by atoms with Gasteiger partial charge in [0.15, 0.2) is 0 Å². The van der Waals surface area contributed by atoms with E-state index in [2.05, 4.69) is 24.9 Å². The van der Waals surface area contributed by atoms with Crippen molar-refractivity contribution in [1.29, 1.82) is 0 Å². The fourth-order valence-electron chi connectivity index (χ4n) is 1.88. The minimum atomic E-state index is -0.154. The first-order valence-electron chi connectivity index (χ1n) is 6.67. The molecule has 0 saturated heterocycles. The van der Waals surface area contributed by atoms with Crippen molar-refractivity contribution >= 4 is 0 Å². The first kappa shape index (κ1) is 16.0. The normalized spacial score (nSPS) is 14.4. The standard InChI is InChI=1S/C15H26N2O2/c1-5-19-12-15(2,11-16)17(3)10-13-7-6-8-14(9-13)18-4/h6-9H,5,10-12,16H2,1-4H3. The summed E-state index contributed by atoms with van der Waals surface area (Å²) in [5.74, 6) is 0.880. The van der Waals surface area contributed by atoms with Gasteiger partial charge in [0, 0.05) is 19.7 Å². The zero-order valence-corrected chi connectivity index (χ0v) is 12.5. The molecule has 0 radical (unpaired) electrons. The van der Waals surface area contributed by atoms with Crippen LogP contribution in [0.1, 0.15) is 19.4 Å². The Kier molecular flexibility index (Phi) is 6.28. The Morgan fingerprint density at radius 3 is 2.68 bits per heavy atom. The summed E-state index contributed by atoms with van der Waals surface area (Å²) in [5, 5.41) is 0. The zero-order chi connectivity index (χ0) is 14.3. The largest absolute Gasteiger partial charge is 0.497 e. The summed E-state index contributed by atoms with van der Waals surface area (Å²) < 4.78 is 10.8. The van der Waals surface area contributed by atoms with Gasteiger partial charge in [-0.15, -0.1) is 0 Å². The van der Waals surface area contributed by atoms with Crippen LogP contribution in [-0.2, 0) is 11.3 Å². The van der Waals surface area contributed by atoms with Crippen LogP contribution in [0.4, 0.5) is 0 Å². The third kappa shape index (κ3) is 4.49. The van der Waals surface area contributed by atoms with Crippen LogP contribution in [-0.4, -0.2) is 44.4 Å². The monoisotopic (exact) mass is 266 g/mol. The molecule has 108 valence electrons. The predicted octanol–water partition coefficient (Wildman–Crippen LogP) is 1.88. The number of benzene rings is 1. The average Bonchev–Trinajstić information content (AvgIpc) is 2.44. The van der Waals surface area contributed by atoms with Crippen LogP contribution in [0.5, 0.6) is 5.75 Å². The second-order valence-electron chi connectivity index (χ2n) is 5.05. The molecular weight excluding hydrogens is 240 g/mol. The Labute approximate surface area is 116 Å². The molecule has 4 heteroatoms. The lowest BCUT2D eigenvalue weighted by Gasteiger charge is -2.37. The molecule has 2 N–H and O–H groups in total. The van der Waals surface area contributed by atoms with Crippen LogP contribution < -0.4 is 10.5 Å². The molecule has 1 aromatic rings. The maximum atomic E-state index is 5.91. The van der Waals surface area contributed by atoms with Crippen molar-refractivity contribution in [3.05, 3.63) is 29.8 Å². The van der Waals surface area contributed by atoms with Gasteiger partial charge in [0.1, 0.15) is 5.75 Å². The van der Waals surface area contributed by atoms with Crippen molar-refractivity contribution in [2.75, 3.05) is 33.9 Å². The van der Waals surface area contributed by atoms with Gasteiger partial charge in [-0.3, -0.25) is 4.90 Å². The van der Waals surface area contributed by atoms with Gasteiger partial charge in [-0.25, -0.2) is 0 Å². The predicted molar refractivity (Wildman–Crippen MR) is 78.4 cm³/mol. The average molecular weight is 266 g/mol. The lowest BCUT2D eigenvalue weighted by atomic mass is 10.0. The molecule has 1 atom stereocenters. The summed E-state index contributed by atoms with van der Waals surface area (Å²) in [5.41, 5.74) is 6.96. The molecular formula is C15H26N2O2. The molecule has 0 aliphatic carbocycles. The molecule has 0 spiro atoms. The van der Waals surface area contributed by atoms with Gasteiger partial charge in [0.25, 0.3) is 0 Å². The Morgan fingerprint density at radius 2 is 2.11 bits per heavy atom. The van der Waals surface area contributed by atoms with Gasteiger partial charge in [-0.05, 0) is 38.6 Å². The van der Waals surface area contributed by atoms with Gasteiger partial charge in [0.05, 0.1) is 19.3 Å². The highest BCUT2D eigenvalue weighted by atomic mass is 16.5. The van der Waals surface area contributed by atoms with E-state index in [0.29, 0.717) is 19.8 Å². The second kappa shape index (κ2) is 7.48. The third-order valence-corrected chi connectivity index (χ3v) is 3.53. The Bertz CT molecular complexity index is 384. The molecule has 0 aromatic heterocycles. The van der Waals surface area contributed by atoms with Crippen LogP contribution in [0.25, 0.3) is 0 Å². The summed E-state index contributed by atoms with van der Waals surface area (Å²) in [6, 6.07) is 8.10. The number of methoxy groups -OCH3 is 1. The fraction of sp³-hybridized carbons (Fsp3) is 0.600. The Morgan fingerprint density at radius 1 is 1.37 bits per heavy atom. The molecule has 0 aliphatic heterocycles. The number of likely N-dealkylation sites (N-methyl/N-ethyl adjacent to an activating group) is 1. The number of ether oxygens (including phenoxy) is 2. The molecule has 0 amide bonds. The molecule has 0 heterocycles. The van der Waals surface area contributed by atoms with Gasteiger partial charge in [0.2, 0.25) is 0 Å². The van der Waals surface area contributed by atoms with E-state index in [1.165, 1.54) is 5.56 Å². The molecule has 1 unspecified atom stereocenters. The number of hydrogen-bond acceptors (Lipinski definition) is 4. The van der Waals surface area contributed by atoms with E-state index in [-0.39, 0.29) is 5.54 Å². The van der Waals surface area contributed by atoms with Crippen molar-refractivity contribution in [2.24, 2.45) is 5.73 Å². The van der Waals surface area contributed by atoms with E-state index in [4.69, 9.17) is 15.2 Å². The zero-order valence-electron chi connectivity index (χ0n) is 12.5. The summed E-state index contributed by atoms with van der Waals surface area (Å²) in [7, 11) is 3.76. The van der Waals surface area contributed by atoms with E-state index >= 15 is 0 Å². The Balaban J connectivity index is 2.72. The highest BCUT2D eigenvalue weighted by Gasteiger charge is 2.28. The molecule has 19 heavy (non-hydrogen) atoms. The highest BCUT2D eigenvalue weighted by Crippen LogP contribution is 2.19. The molecule has 0 saturated carbocycles. The van der Waals surface area contributed by atoms with E-state index in [9.17, 15) is 0 Å². The number of nitrogens with two attached hydrogens (primary N) is 1. The van der Waals surface area contributed by atoms with E-state index in [1.54, 1.807) is 7.11 Å². The van der Waals surface area contributed by atoms with Crippen molar-refractivity contribution in [2.45, 2.75) is 25.9 Å². The van der Waals surface area contributed by atoms with Crippen LogP contribution in [0.15, 0.2) is 24.3 Å². The molecule has 0 aliphatic rings. The summed E-state index contributed by atoms with van der Waals surface area (Å²) in [6.45, 7) is 6.86. The first-order valence-corrected chi connectivity index (χ1v) is 6.67. The minimum Gasteiger partial charge on any atom is -0.497 e. The van der Waals surface area contributed by atoms with Gasteiger partial charge in [-0.1, -0.05) is 12.1 Å². The molecule has 4 nitrogen and oxygen atoms in total. The van der Waals surface area contributed by atoms with Crippen LogP contribution >= 0.6 is 0 Å². The summed E-state index contributed by atoms with van der Waals surface area (Å²) in [4.78, 5) is 2.23. The third-order valence-electron chi connectivity index (χ3n) is 3.53. The number of hydrogen-bond donors (Lipinski definition) is 1. The van der Waals surface area contributed by atoms with E-state index in [1.807, 2.05) is 25.1 Å². The summed E-state index contributed by atoms with van der Waals surface area (Å²) >= 11 is 0. The lowest BCUT2D eigenvalue weighted by Crippen LogP contribution is -2.52. The van der Waals surface area contributed by atoms with Gasteiger partial charge >= 0.3 is 0 Å². The van der Waals surface area contributed by atoms with Crippen molar-refractivity contribution in [3.8, 4) is 5.75 Å². The summed E-state index contributed by atoms with van der Waals surface area (Å²) in [6.07, 6.45) is 0. The topological polar surface area (TPSA) is 47.7 Å². The minimum absolute atomic E-state index is 0.154. The van der Waals surface area contributed by atoms with E-state index < -0.39 is 0 Å². The smallest absolute Gasteiger partial charge is 0.119 e. The second-order valence-corrected chi connectivity index (χ2v) is 5.05. The van der Waals surface area contributed by atoms with Crippen LogP contribution in [0.2, 0.25) is 0 Å². The first-order chi connectivity index (χ1) is 9.05. The van der Waals surface area contributed by atoms with Crippen molar-refractivity contribution < 1.29 is 9.47 Å². The molecule has 1 aromatic carbocycles. The molecule has 0 fully saturated rings. The molecule has 1 rings (SSSR count). The maximum absolute atomic E-state index is 5.91. The van der Waals surface area contributed by atoms with Crippen molar-refractivity contribution in [1.82, 2.24) is 4.90 Å². The molecule has 0 bridgehead atoms. The van der Waals surface area contributed by atoms with Crippen molar-refractivity contribution in [3.63, 3.8) is 0 Å².